The fraction of sp³-hybridized carbons (Fsp3) is 0.286. The maximum absolute atomic E-state index is 12.6. The second-order valence-electron chi connectivity index (χ2n) is 6.47. The summed E-state index contributed by atoms with van der Waals surface area (Å²) < 4.78 is 0. The van der Waals surface area contributed by atoms with Crippen LogP contribution in [-0.4, -0.2) is 45.7 Å². The van der Waals surface area contributed by atoms with Crippen molar-refractivity contribution in [2.75, 3.05) is 19.8 Å². The number of phenolic OH excluding ortho intramolecular Hbond substituents is 1. The van der Waals surface area contributed by atoms with E-state index in [0.29, 0.717) is 12.1 Å². The van der Waals surface area contributed by atoms with E-state index in [1.807, 2.05) is 25.3 Å². The Morgan fingerprint density at radius 1 is 1.29 bits per heavy atom. The Morgan fingerprint density at radius 3 is 2.75 bits per heavy atom. The second kappa shape index (κ2) is 9.21. The van der Waals surface area contributed by atoms with E-state index in [1.165, 1.54) is 10.9 Å². The lowest BCUT2D eigenvalue weighted by atomic mass is 10.1. The third kappa shape index (κ3) is 4.54. The van der Waals surface area contributed by atoms with Gasteiger partial charge in [-0.05, 0) is 43.9 Å². The van der Waals surface area contributed by atoms with Gasteiger partial charge in [0, 0.05) is 41.7 Å². The van der Waals surface area contributed by atoms with Crippen LogP contribution < -0.4 is 0 Å². The van der Waals surface area contributed by atoms with Gasteiger partial charge in [-0.3, -0.25) is 9.78 Å². The van der Waals surface area contributed by atoms with Gasteiger partial charge in [-0.25, -0.2) is 4.98 Å². The number of benzene rings is 1. The Labute approximate surface area is 173 Å². The molecule has 1 unspecified atom stereocenters. The molecule has 0 aliphatic heterocycles. The zero-order chi connectivity index (χ0) is 20.1. The van der Waals surface area contributed by atoms with Crippen molar-refractivity contribution in [3.05, 3.63) is 64.9 Å². The SMILES string of the molecule is CSC(CCN(C)C(=O)c1ccccc1O)c1sc(-c2cccnc2)nc1C. The maximum Gasteiger partial charge on any atom is 0.257 e. The number of aromatic nitrogens is 2. The molecule has 0 saturated heterocycles. The first kappa shape index (κ1) is 20.4. The molecule has 2 aromatic heterocycles. The third-order valence-corrected chi connectivity index (χ3v) is 7.04. The molecule has 0 aliphatic carbocycles. The third-order valence-electron chi connectivity index (χ3n) is 4.53. The minimum Gasteiger partial charge on any atom is -0.507 e. The number of amides is 1. The Kier molecular flexibility index (Phi) is 6.70. The van der Waals surface area contributed by atoms with Gasteiger partial charge in [0.25, 0.3) is 5.91 Å². The highest BCUT2D eigenvalue weighted by molar-refractivity contribution is 7.98. The highest BCUT2D eigenvalue weighted by Gasteiger charge is 2.21. The average Bonchev–Trinajstić information content (AvgIpc) is 3.10. The molecule has 0 spiro atoms. The molecule has 0 saturated carbocycles. The van der Waals surface area contributed by atoms with Gasteiger partial charge in [0.15, 0.2) is 0 Å². The lowest BCUT2D eigenvalue weighted by Crippen LogP contribution is -2.28. The van der Waals surface area contributed by atoms with E-state index in [9.17, 15) is 9.90 Å². The van der Waals surface area contributed by atoms with Crippen molar-refractivity contribution >= 4 is 29.0 Å². The Bertz CT molecular complexity index is 944. The molecule has 2 heterocycles. The predicted octanol–water partition coefficient (Wildman–Crippen LogP) is 4.79. The molecule has 3 rings (SSSR count). The number of carbonyl (C=O) groups is 1. The average molecular weight is 414 g/mol. The number of rotatable bonds is 7. The first-order chi connectivity index (χ1) is 13.5. The van der Waals surface area contributed by atoms with Crippen LogP contribution in [0.25, 0.3) is 10.6 Å². The lowest BCUT2D eigenvalue weighted by Gasteiger charge is -2.21. The highest BCUT2D eigenvalue weighted by atomic mass is 32.2. The van der Waals surface area contributed by atoms with Crippen LogP contribution in [-0.2, 0) is 0 Å². The van der Waals surface area contributed by atoms with Crippen molar-refractivity contribution in [1.29, 1.82) is 0 Å². The molecule has 1 N–H and O–H groups in total. The van der Waals surface area contributed by atoms with Crippen LogP contribution in [0.1, 0.15) is 32.6 Å². The minimum absolute atomic E-state index is 0.0141. The van der Waals surface area contributed by atoms with E-state index in [0.717, 1.165) is 22.7 Å². The summed E-state index contributed by atoms with van der Waals surface area (Å²) in [4.78, 5) is 24.4. The second-order valence-corrected chi connectivity index (χ2v) is 8.54. The van der Waals surface area contributed by atoms with E-state index in [1.54, 1.807) is 59.4 Å². The number of phenols is 1. The fourth-order valence-corrected chi connectivity index (χ4v) is 5.18. The quantitative estimate of drug-likeness (QED) is 0.603. The highest BCUT2D eigenvalue weighted by Crippen LogP contribution is 2.39. The van der Waals surface area contributed by atoms with Gasteiger partial charge in [0.05, 0.1) is 11.3 Å². The number of nitrogens with zero attached hydrogens (tertiary/aromatic N) is 3. The first-order valence-electron chi connectivity index (χ1n) is 8.95. The summed E-state index contributed by atoms with van der Waals surface area (Å²) in [5.41, 5.74) is 2.38. The van der Waals surface area contributed by atoms with Gasteiger partial charge >= 0.3 is 0 Å². The Hall–Kier alpha value is -2.38. The summed E-state index contributed by atoms with van der Waals surface area (Å²) in [7, 11) is 1.77. The number of thiazole rings is 1. The summed E-state index contributed by atoms with van der Waals surface area (Å²) in [6.45, 7) is 2.63. The molecule has 0 aliphatic rings. The summed E-state index contributed by atoms with van der Waals surface area (Å²) in [5, 5.41) is 11.1. The monoisotopic (exact) mass is 413 g/mol. The molecule has 146 valence electrons. The lowest BCUT2D eigenvalue weighted by molar-refractivity contribution is 0.0790. The normalized spacial score (nSPS) is 12.0. The Balaban J connectivity index is 1.70. The number of thioether (sulfide) groups is 1. The molecule has 0 radical (unpaired) electrons. The van der Waals surface area contributed by atoms with Crippen LogP contribution in [0.4, 0.5) is 0 Å². The minimum atomic E-state index is -0.171. The predicted molar refractivity (Wildman–Crippen MR) is 116 cm³/mol. The molecular formula is C21H23N3O2S2. The number of hydrogen-bond donors (Lipinski definition) is 1. The van der Waals surface area contributed by atoms with E-state index in [-0.39, 0.29) is 16.9 Å². The van der Waals surface area contributed by atoms with Crippen molar-refractivity contribution in [1.82, 2.24) is 14.9 Å². The summed E-state index contributed by atoms with van der Waals surface area (Å²) in [5.74, 6) is -0.157. The van der Waals surface area contributed by atoms with E-state index < -0.39 is 0 Å². The molecule has 5 nitrogen and oxygen atoms in total. The zero-order valence-electron chi connectivity index (χ0n) is 16.1. The van der Waals surface area contributed by atoms with Crippen molar-refractivity contribution in [2.45, 2.75) is 18.6 Å². The van der Waals surface area contributed by atoms with E-state index in [2.05, 4.69) is 11.2 Å². The van der Waals surface area contributed by atoms with Crippen LogP contribution in [0.5, 0.6) is 5.75 Å². The molecule has 1 amide bonds. The van der Waals surface area contributed by atoms with Crippen molar-refractivity contribution in [3.8, 4) is 16.3 Å². The van der Waals surface area contributed by atoms with Crippen molar-refractivity contribution in [2.24, 2.45) is 0 Å². The van der Waals surface area contributed by atoms with Gasteiger partial charge in [0.2, 0.25) is 0 Å². The van der Waals surface area contributed by atoms with Gasteiger partial charge in [-0.2, -0.15) is 11.8 Å². The molecule has 7 heteroatoms. The largest absolute Gasteiger partial charge is 0.507 e. The topological polar surface area (TPSA) is 66.3 Å². The van der Waals surface area contributed by atoms with Crippen LogP contribution in [0.15, 0.2) is 48.8 Å². The van der Waals surface area contributed by atoms with E-state index in [4.69, 9.17) is 4.98 Å². The zero-order valence-corrected chi connectivity index (χ0v) is 17.8. The molecule has 0 bridgehead atoms. The van der Waals surface area contributed by atoms with Crippen LogP contribution in [0.3, 0.4) is 0 Å². The van der Waals surface area contributed by atoms with Crippen LogP contribution >= 0.6 is 23.1 Å². The molecule has 1 atom stereocenters. The van der Waals surface area contributed by atoms with Crippen LogP contribution in [0.2, 0.25) is 0 Å². The number of aromatic hydroxyl groups is 1. The van der Waals surface area contributed by atoms with Gasteiger partial charge < -0.3 is 10.0 Å². The summed E-state index contributed by atoms with van der Waals surface area (Å²) in [6.07, 6.45) is 6.48. The van der Waals surface area contributed by atoms with Gasteiger partial charge in [-0.1, -0.05) is 12.1 Å². The van der Waals surface area contributed by atoms with Crippen molar-refractivity contribution in [3.63, 3.8) is 0 Å². The summed E-state index contributed by atoms with van der Waals surface area (Å²) in [6, 6.07) is 10.6. The molecular weight excluding hydrogens is 390 g/mol. The number of aryl methyl sites for hydroxylation is 1. The molecule has 0 fully saturated rings. The molecule has 1 aromatic carbocycles. The fourth-order valence-electron chi connectivity index (χ4n) is 2.95. The first-order valence-corrected chi connectivity index (χ1v) is 11.1. The molecule has 28 heavy (non-hydrogen) atoms. The van der Waals surface area contributed by atoms with Crippen LogP contribution in [0, 0.1) is 6.92 Å². The number of hydrogen-bond acceptors (Lipinski definition) is 6. The summed E-state index contributed by atoms with van der Waals surface area (Å²) >= 11 is 3.45. The standard InChI is InChI=1S/C21H23N3O2S2/c1-14-19(28-20(23-14)15-7-6-11-22-13-15)18(27-3)10-12-24(2)21(26)16-8-4-5-9-17(16)25/h4-9,11,13,18,25H,10,12H2,1-3H3. The smallest absolute Gasteiger partial charge is 0.257 e. The number of pyridine rings is 1. The number of carbonyl (C=O) groups excluding carboxylic acids is 1. The Morgan fingerprint density at radius 2 is 2.07 bits per heavy atom. The van der Waals surface area contributed by atoms with Gasteiger partial charge in [0.1, 0.15) is 10.8 Å². The maximum atomic E-state index is 12.6. The molecule has 3 aromatic rings. The van der Waals surface area contributed by atoms with Crippen molar-refractivity contribution < 1.29 is 9.90 Å². The van der Waals surface area contributed by atoms with Gasteiger partial charge in [-0.15, -0.1) is 11.3 Å². The number of para-hydroxylation sites is 1. The van der Waals surface area contributed by atoms with E-state index >= 15 is 0 Å².